The second-order valence-electron chi connectivity index (χ2n) is 4.38. The number of carbonyl (C=O) groups excluding carboxylic acids is 1. The van der Waals surface area contributed by atoms with Gasteiger partial charge < -0.3 is 15.0 Å². The van der Waals surface area contributed by atoms with Crippen molar-refractivity contribution in [2.24, 2.45) is 0 Å². The minimum atomic E-state index is -0.323. The number of carbonyl (C=O) groups is 1. The van der Waals surface area contributed by atoms with Crippen molar-refractivity contribution in [2.45, 2.75) is 25.5 Å². The summed E-state index contributed by atoms with van der Waals surface area (Å²) in [4.78, 5) is 31.5. The number of aromatic amines is 1. The van der Waals surface area contributed by atoms with Crippen molar-refractivity contribution in [1.82, 2.24) is 15.3 Å². The quantitative estimate of drug-likeness (QED) is 0.869. The van der Waals surface area contributed by atoms with E-state index < -0.39 is 0 Å². The Morgan fingerprint density at radius 3 is 3.26 bits per heavy atom. The number of H-pyrrole nitrogens is 1. The zero-order valence-corrected chi connectivity index (χ0v) is 11.0. The summed E-state index contributed by atoms with van der Waals surface area (Å²) in [7, 11) is 0. The Labute approximate surface area is 112 Å². The molecule has 6 nitrogen and oxygen atoms in total. The molecule has 0 saturated carbocycles. The Hall–Kier alpha value is -1.73. The van der Waals surface area contributed by atoms with Crippen LogP contribution < -0.4 is 10.9 Å². The average Bonchev–Trinajstić information content (AvgIpc) is 3.05. The normalized spacial score (nSPS) is 18.8. The van der Waals surface area contributed by atoms with Gasteiger partial charge in [-0.2, -0.15) is 0 Å². The summed E-state index contributed by atoms with van der Waals surface area (Å²) in [5, 5.41) is 3.39. The standard InChI is InChI=1S/C12H13N3O3S/c16-10-8-4-7(19-12(8)15-6-14-10)5-13-11(17)9-2-1-3-18-9/h4,6,9H,1-3,5H2,(H,13,17)(H,14,15,16). The van der Waals surface area contributed by atoms with Gasteiger partial charge in [-0.15, -0.1) is 11.3 Å². The fourth-order valence-corrected chi connectivity index (χ4v) is 3.01. The number of nitrogens with one attached hydrogen (secondary N) is 2. The van der Waals surface area contributed by atoms with E-state index in [0.717, 1.165) is 17.7 Å². The highest BCUT2D eigenvalue weighted by Gasteiger charge is 2.23. The largest absolute Gasteiger partial charge is 0.368 e. The fourth-order valence-electron chi connectivity index (χ4n) is 2.08. The highest BCUT2D eigenvalue weighted by Crippen LogP contribution is 2.20. The molecule has 1 atom stereocenters. The molecule has 1 unspecified atom stereocenters. The molecule has 2 aromatic rings. The van der Waals surface area contributed by atoms with Crippen LogP contribution in [0.15, 0.2) is 17.2 Å². The lowest BCUT2D eigenvalue weighted by molar-refractivity contribution is -0.130. The Balaban J connectivity index is 1.70. The van der Waals surface area contributed by atoms with Gasteiger partial charge in [0, 0.05) is 11.5 Å². The number of hydrogen-bond donors (Lipinski definition) is 2. The molecule has 0 radical (unpaired) electrons. The summed E-state index contributed by atoms with van der Waals surface area (Å²) >= 11 is 1.41. The van der Waals surface area contributed by atoms with Gasteiger partial charge in [0.15, 0.2) is 0 Å². The highest BCUT2D eigenvalue weighted by atomic mass is 32.1. The number of amides is 1. The number of thiophene rings is 1. The lowest BCUT2D eigenvalue weighted by Crippen LogP contribution is -2.33. The molecular weight excluding hydrogens is 266 g/mol. The van der Waals surface area contributed by atoms with E-state index in [-0.39, 0.29) is 17.6 Å². The summed E-state index contributed by atoms with van der Waals surface area (Å²) in [5.41, 5.74) is -0.155. The summed E-state index contributed by atoms with van der Waals surface area (Å²) in [6, 6.07) is 1.77. The monoisotopic (exact) mass is 279 g/mol. The third-order valence-electron chi connectivity index (χ3n) is 3.04. The average molecular weight is 279 g/mol. The van der Waals surface area contributed by atoms with Crippen molar-refractivity contribution in [1.29, 1.82) is 0 Å². The molecule has 3 rings (SSSR count). The lowest BCUT2D eigenvalue weighted by atomic mass is 10.2. The number of ether oxygens (including phenoxy) is 1. The highest BCUT2D eigenvalue weighted by molar-refractivity contribution is 7.18. The van der Waals surface area contributed by atoms with Crippen molar-refractivity contribution >= 4 is 27.5 Å². The maximum Gasteiger partial charge on any atom is 0.259 e. The van der Waals surface area contributed by atoms with Crippen LogP contribution in [0.3, 0.4) is 0 Å². The fraction of sp³-hybridized carbons (Fsp3) is 0.417. The Morgan fingerprint density at radius 2 is 2.53 bits per heavy atom. The number of aromatic nitrogens is 2. The predicted molar refractivity (Wildman–Crippen MR) is 71.1 cm³/mol. The van der Waals surface area contributed by atoms with Crippen LogP contribution in [0.1, 0.15) is 17.7 Å². The summed E-state index contributed by atoms with van der Waals surface area (Å²) < 4.78 is 5.31. The van der Waals surface area contributed by atoms with Crippen LogP contribution in [0.2, 0.25) is 0 Å². The zero-order valence-electron chi connectivity index (χ0n) is 10.1. The molecule has 0 aliphatic carbocycles. The van der Waals surface area contributed by atoms with Crippen molar-refractivity contribution < 1.29 is 9.53 Å². The van der Waals surface area contributed by atoms with Gasteiger partial charge in [-0.05, 0) is 18.9 Å². The second-order valence-corrected chi connectivity index (χ2v) is 5.50. The topological polar surface area (TPSA) is 84.1 Å². The molecule has 7 heteroatoms. The Kier molecular flexibility index (Phi) is 3.31. The molecule has 2 N–H and O–H groups in total. The smallest absolute Gasteiger partial charge is 0.259 e. The van der Waals surface area contributed by atoms with E-state index >= 15 is 0 Å². The van der Waals surface area contributed by atoms with E-state index in [1.807, 2.05) is 0 Å². The molecule has 3 heterocycles. The van der Waals surface area contributed by atoms with Crippen LogP contribution in [0.5, 0.6) is 0 Å². The van der Waals surface area contributed by atoms with Crippen LogP contribution in [-0.2, 0) is 16.1 Å². The maximum absolute atomic E-state index is 11.8. The van der Waals surface area contributed by atoms with Gasteiger partial charge in [0.2, 0.25) is 5.91 Å². The van der Waals surface area contributed by atoms with Crippen molar-refractivity contribution in [2.75, 3.05) is 6.61 Å². The zero-order chi connectivity index (χ0) is 13.2. The van der Waals surface area contributed by atoms with E-state index in [0.29, 0.717) is 23.4 Å². The number of hydrogen-bond acceptors (Lipinski definition) is 5. The van der Waals surface area contributed by atoms with Gasteiger partial charge in [-0.3, -0.25) is 9.59 Å². The summed E-state index contributed by atoms with van der Waals surface area (Å²) in [5.74, 6) is -0.0863. The summed E-state index contributed by atoms with van der Waals surface area (Å²) in [6.45, 7) is 1.05. The molecule has 1 aliphatic heterocycles. The van der Waals surface area contributed by atoms with Gasteiger partial charge in [-0.25, -0.2) is 4.98 Å². The molecule has 0 bridgehead atoms. The predicted octanol–water partition coefficient (Wildman–Crippen LogP) is 0.780. The third-order valence-corrected chi connectivity index (χ3v) is 4.09. The minimum absolute atomic E-state index is 0.0863. The molecule has 1 amide bonds. The first kappa shape index (κ1) is 12.3. The van der Waals surface area contributed by atoms with E-state index in [1.165, 1.54) is 17.7 Å². The van der Waals surface area contributed by atoms with Gasteiger partial charge in [0.1, 0.15) is 10.9 Å². The first-order valence-corrected chi connectivity index (χ1v) is 6.91. The van der Waals surface area contributed by atoms with E-state index in [2.05, 4.69) is 15.3 Å². The second kappa shape index (κ2) is 5.10. The molecule has 2 aromatic heterocycles. The molecule has 1 fully saturated rings. The SMILES string of the molecule is O=C(NCc1cc2c(=O)[nH]cnc2s1)C1CCCO1. The molecule has 19 heavy (non-hydrogen) atoms. The van der Waals surface area contributed by atoms with Crippen LogP contribution in [0.4, 0.5) is 0 Å². The van der Waals surface area contributed by atoms with Gasteiger partial charge in [0.05, 0.1) is 18.3 Å². The third kappa shape index (κ3) is 2.52. The molecule has 0 aromatic carbocycles. The van der Waals surface area contributed by atoms with Gasteiger partial charge in [0.25, 0.3) is 5.56 Å². The van der Waals surface area contributed by atoms with Crippen LogP contribution in [-0.4, -0.2) is 28.6 Å². The van der Waals surface area contributed by atoms with Crippen LogP contribution in [0, 0.1) is 0 Å². The Bertz CT molecular complexity index is 658. The van der Waals surface area contributed by atoms with Crippen LogP contribution in [0.25, 0.3) is 10.2 Å². The lowest BCUT2D eigenvalue weighted by Gasteiger charge is -2.08. The summed E-state index contributed by atoms with van der Waals surface area (Å²) in [6.07, 6.45) is 2.77. The van der Waals surface area contributed by atoms with E-state index in [9.17, 15) is 9.59 Å². The number of fused-ring (bicyclic) bond motifs is 1. The molecule has 0 spiro atoms. The molecule has 1 aliphatic rings. The number of nitrogens with zero attached hydrogens (tertiary/aromatic N) is 1. The first-order chi connectivity index (χ1) is 9.24. The van der Waals surface area contributed by atoms with Gasteiger partial charge >= 0.3 is 0 Å². The minimum Gasteiger partial charge on any atom is -0.368 e. The van der Waals surface area contributed by atoms with Crippen molar-refractivity contribution in [3.8, 4) is 0 Å². The molecule has 100 valence electrons. The van der Waals surface area contributed by atoms with Gasteiger partial charge in [-0.1, -0.05) is 0 Å². The first-order valence-electron chi connectivity index (χ1n) is 6.09. The maximum atomic E-state index is 11.8. The van der Waals surface area contributed by atoms with E-state index in [4.69, 9.17) is 4.74 Å². The van der Waals surface area contributed by atoms with Crippen molar-refractivity contribution in [3.63, 3.8) is 0 Å². The van der Waals surface area contributed by atoms with E-state index in [1.54, 1.807) is 6.07 Å². The van der Waals surface area contributed by atoms with Crippen molar-refractivity contribution in [3.05, 3.63) is 27.6 Å². The van der Waals surface area contributed by atoms with Crippen LogP contribution >= 0.6 is 11.3 Å². The molecule has 1 saturated heterocycles. The number of rotatable bonds is 3. The molecular formula is C12H13N3O3S. The Morgan fingerprint density at radius 1 is 1.63 bits per heavy atom.